The smallest absolute Gasteiger partial charge is 0.0449 e. The summed E-state index contributed by atoms with van der Waals surface area (Å²) in [6.07, 6.45) is 22.0. The van der Waals surface area contributed by atoms with Crippen LogP contribution in [0.15, 0.2) is 36.4 Å². The molecule has 0 fully saturated rings. The Labute approximate surface area is 215 Å². The van der Waals surface area contributed by atoms with Crippen LogP contribution in [-0.4, -0.2) is 0 Å². The van der Waals surface area contributed by atoms with Crippen LogP contribution in [0.25, 0.3) is 19.5 Å². The fourth-order valence-electron chi connectivity index (χ4n) is 4.40. The highest BCUT2D eigenvalue weighted by molar-refractivity contribution is 7.26. The van der Waals surface area contributed by atoms with Gasteiger partial charge in [-0.15, -0.1) is 34.0 Å². The van der Waals surface area contributed by atoms with E-state index in [9.17, 15) is 0 Å². The molecule has 0 aromatic carbocycles. The first-order valence-corrected chi connectivity index (χ1v) is 16.0. The first-order chi connectivity index (χ1) is 16.3. The largest absolute Gasteiger partial charge is 0.139 e. The molecule has 3 heteroatoms. The third-order valence-electron chi connectivity index (χ3n) is 6.47. The third-order valence-corrected chi connectivity index (χ3v) is 10.2. The topological polar surface area (TPSA) is 0 Å². The Hall–Kier alpha value is -0.900. The molecule has 0 nitrogen and oxygen atoms in total. The van der Waals surface area contributed by atoms with Crippen molar-refractivity contribution in [3.8, 4) is 19.5 Å². The van der Waals surface area contributed by atoms with Crippen molar-refractivity contribution in [3.05, 3.63) is 46.2 Å². The summed E-state index contributed by atoms with van der Waals surface area (Å²) in [4.78, 5) is 8.88. The van der Waals surface area contributed by atoms with Crippen molar-refractivity contribution in [1.82, 2.24) is 0 Å². The Bertz CT molecular complexity index is 811. The Morgan fingerprint density at radius 3 is 1.15 bits per heavy atom. The van der Waals surface area contributed by atoms with Gasteiger partial charge in [-0.2, -0.15) is 0 Å². The summed E-state index contributed by atoms with van der Waals surface area (Å²) in [6.45, 7) is 4.58. The van der Waals surface area contributed by atoms with Gasteiger partial charge in [-0.25, -0.2) is 0 Å². The number of rotatable bonds is 18. The van der Waals surface area contributed by atoms with Gasteiger partial charge in [-0.05, 0) is 62.1 Å². The summed E-state index contributed by atoms with van der Waals surface area (Å²) in [6, 6.07) is 14.1. The lowest BCUT2D eigenvalue weighted by atomic mass is 10.1. The Morgan fingerprint density at radius 2 is 0.727 bits per heavy atom. The third kappa shape index (κ3) is 9.70. The average Bonchev–Trinajstić information content (AvgIpc) is 3.58. The molecule has 182 valence electrons. The van der Waals surface area contributed by atoms with Crippen molar-refractivity contribution in [1.29, 1.82) is 0 Å². The molecule has 3 rings (SSSR count). The minimum absolute atomic E-state index is 1.25. The molecule has 0 bridgehead atoms. The molecule has 0 aliphatic rings. The molecule has 0 N–H and O–H groups in total. The quantitative estimate of drug-likeness (QED) is 0.152. The van der Waals surface area contributed by atoms with Crippen LogP contribution < -0.4 is 0 Å². The lowest BCUT2D eigenvalue weighted by molar-refractivity contribution is 0.590. The normalized spacial score (nSPS) is 11.5. The van der Waals surface area contributed by atoms with Crippen LogP contribution in [0.2, 0.25) is 0 Å². The summed E-state index contributed by atoms with van der Waals surface area (Å²) in [7, 11) is 0. The standard InChI is InChI=1S/C30H44S3/c1-3-5-7-9-11-13-15-17-25-19-21-27(31-25)29-23-24-30(33-29)28-22-20-26(32-28)18-16-14-12-10-8-6-4-2/h19-24H,3-18H2,1-2H3. The molecule has 3 aromatic heterocycles. The highest BCUT2D eigenvalue weighted by Gasteiger charge is 2.10. The lowest BCUT2D eigenvalue weighted by Gasteiger charge is -2.00. The van der Waals surface area contributed by atoms with Gasteiger partial charge in [-0.1, -0.05) is 90.9 Å². The molecule has 0 aliphatic heterocycles. The molecule has 0 saturated carbocycles. The number of unbranched alkanes of at least 4 members (excludes halogenated alkanes) is 12. The molecule has 0 spiro atoms. The van der Waals surface area contributed by atoms with Crippen molar-refractivity contribution in [2.75, 3.05) is 0 Å². The maximum atomic E-state index is 2.36. The van der Waals surface area contributed by atoms with Crippen molar-refractivity contribution in [3.63, 3.8) is 0 Å². The van der Waals surface area contributed by atoms with Gasteiger partial charge in [0.25, 0.3) is 0 Å². The van der Waals surface area contributed by atoms with Crippen LogP contribution >= 0.6 is 34.0 Å². The average molecular weight is 501 g/mol. The zero-order chi connectivity index (χ0) is 23.1. The lowest BCUT2D eigenvalue weighted by Crippen LogP contribution is -1.82. The van der Waals surface area contributed by atoms with Crippen LogP contribution in [-0.2, 0) is 12.8 Å². The van der Waals surface area contributed by atoms with E-state index in [2.05, 4.69) is 50.2 Å². The van der Waals surface area contributed by atoms with Crippen molar-refractivity contribution < 1.29 is 0 Å². The van der Waals surface area contributed by atoms with Gasteiger partial charge < -0.3 is 0 Å². The molecule has 33 heavy (non-hydrogen) atoms. The highest BCUT2D eigenvalue weighted by Crippen LogP contribution is 2.40. The van der Waals surface area contributed by atoms with E-state index in [1.54, 1.807) is 9.75 Å². The minimum atomic E-state index is 1.25. The molecule has 3 heterocycles. The van der Waals surface area contributed by atoms with E-state index in [0.717, 1.165) is 0 Å². The molecule has 0 amide bonds. The van der Waals surface area contributed by atoms with Crippen LogP contribution in [0.1, 0.15) is 113 Å². The molecular weight excluding hydrogens is 457 g/mol. The highest BCUT2D eigenvalue weighted by atomic mass is 32.1. The molecular formula is C30H44S3. The van der Waals surface area contributed by atoms with E-state index in [1.807, 2.05) is 34.0 Å². The van der Waals surface area contributed by atoms with E-state index < -0.39 is 0 Å². The van der Waals surface area contributed by atoms with Crippen molar-refractivity contribution in [2.24, 2.45) is 0 Å². The Morgan fingerprint density at radius 1 is 0.394 bits per heavy atom. The van der Waals surface area contributed by atoms with Gasteiger partial charge >= 0.3 is 0 Å². The second kappa shape index (κ2) is 15.9. The van der Waals surface area contributed by atoms with Gasteiger partial charge in [-0.3, -0.25) is 0 Å². The summed E-state index contributed by atoms with van der Waals surface area (Å²) >= 11 is 5.98. The molecule has 0 aliphatic carbocycles. The monoisotopic (exact) mass is 500 g/mol. The van der Waals surface area contributed by atoms with Gasteiger partial charge in [0.15, 0.2) is 0 Å². The SMILES string of the molecule is CCCCCCCCCc1ccc(-c2ccc(-c3ccc(CCCCCCCCC)s3)s2)s1. The summed E-state index contributed by atoms with van der Waals surface area (Å²) in [5, 5.41) is 0. The van der Waals surface area contributed by atoms with Crippen LogP contribution in [0.5, 0.6) is 0 Å². The summed E-state index contributed by atoms with van der Waals surface area (Å²) in [5.41, 5.74) is 0. The van der Waals surface area contributed by atoms with E-state index >= 15 is 0 Å². The molecule has 0 atom stereocenters. The zero-order valence-corrected chi connectivity index (χ0v) is 23.5. The fourth-order valence-corrected chi connectivity index (χ4v) is 7.69. The van der Waals surface area contributed by atoms with Gasteiger partial charge in [0.05, 0.1) is 0 Å². The van der Waals surface area contributed by atoms with Gasteiger partial charge in [0, 0.05) is 29.3 Å². The van der Waals surface area contributed by atoms with E-state index in [1.165, 1.54) is 122 Å². The number of hydrogen-bond acceptors (Lipinski definition) is 3. The van der Waals surface area contributed by atoms with Gasteiger partial charge in [0.1, 0.15) is 0 Å². The number of hydrogen-bond donors (Lipinski definition) is 0. The van der Waals surface area contributed by atoms with E-state index in [0.29, 0.717) is 0 Å². The predicted octanol–water partition coefficient (Wildman–Crippen LogP) is 11.8. The Kier molecular flexibility index (Phi) is 12.9. The second-order valence-electron chi connectivity index (χ2n) is 9.44. The van der Waals surface area contributed by atoms with E-state index in [-0.39, 0.29) is 0 Å². The maximum absolute atomic E-state index is 2.36. The molecule has 0 saturated heterocycles. The molecule has 0 unspecified atom stereocenters. The second-order valence-corrected chi connectivity index (χ2v) is 12.9. The summed E-state index contributed by atoms with van der Waals surface area (Å²) in [5.74, 6) is 0. The van der Waals surface area contributed by atoms with Crippen molar-refractivity contribution >= 4 is 34.0 Å². The van der Waals surface area contributed by atoms with Crippen molar-refractivity contribution in [2.45, 2.75) is 117 Å². The van der Waals surface area contributed by atoms with Crippen LogP contribution in [0.3, 0.4) is 0 Å². The first kappa shape index (κ1) is 26.7. The van der Waals surface area contributed by atoms with Gasteiger partial charge in [0.2, 0.25) is 0 Å². The maximum Gasteiger partial charge on any atom is 0.0449 e. The summed E-state index contributed by atoms with van der Waals surface area (Å²) < 4.78 is 0. The first-order valence-electron chi connectivity index (χ1n) is 13.6. The fraction of sp³-hybridized carbons (Fsp3) is 0.600. The Balaban J connectivity index is 1.40. The number of thiophene rings is 3. The molecule has 3 aromatic rings. The van der Waals surface area contributed by atoms with E-state index in [4.69, 9.17) is 0 Å². The van der Waals surface area contributed by atoms with Crippen LogP contribution in [0.4, 0.5) is 0 Å². The predicted molar refractivity (Wildman–Crippen MR) is 154 cm³/mol. The zero-order valence-electron chi connectivity index (χ0n) is 21.0. The molecule has 0 radical (unpaired) electrons. The van der Waals surface area contributed by atoms with Crippen LogP contribution in [0, 0.1) is 0 Å². The number of aryl methyl sites for hydroxylation is 2. The minimum Gasteiger partial charge on any atom is -0.139 e.